The fourth-order valence-corrected chi connectivity index (χ4v) is 1.93. The molecular weight excluding hydrogens is 260 g/mol. The minimum atomic E-state index is -0.0799. The molecule has 0 spiro atoms. The van der Waals surface area contributed by atoms with Gasteiger partial charge in [-0.1, -0.05) is 28.8 Å². The Morgan fingerprint density at radius 1 is 1.20 bits per heavy atom. The van der Waals surface area contributed by atoms with Gasteiger partial charge in [0.2, 0.25) is 11.8 Å². The lowest BCUT2D eigenvalue weighted by atomic mass is 10.2. The van der Waals surface area contributed by atoms with Crippen LogP contribution in [0.1, 0.15) is 32.1 Å². The molecule has 0 aliphatic heterocycles. The molecule has 4 nitrogen and oxygen atoms in total. The zero-order valence-electron chi connectivity index (χ0n) is 8.72. The summed E-state index contributed by atoms with van der Waals surface area (Å²) in [5.41, 5.74) is 0. The third-order valence-electron chi connectivity index (χ3n) is 2.52. The number of hydrogen-bond donors (Lipinski definition) is 2. The maximum Gasteiger partial charge on any atom is 0.230 e. The highest BCUT2D eigenvalue weighted by molar-refractivity contribution is 9.09. The van der Waals surface area contributed by atoms with Crippen LogP contribution in [0.15, 0.2) is 0 Å². The van der Waals surface area contributed by atoms with Gasteiger partial charge in [0.05, 0.1) is 5.33 Å². The topological polar surface area (TPSA) is 58.2 Å². The quantitative estimate of drug-likeness (QED) is 0.735. The molecule has 0 aromatic rings. The minimum Gasteiger partial charge on any atom is -0.355 e. The molecule has 86 valence electrons. The summed E-state index contributed by atoms with van der Waals surface area (Å²) in [6, 6.07) is 0.365. The number of carbonyl (C=O) groups excluding carboxylic acids is 2. The molecule has 1 fully saturated rings. The number of carbonyl (C=O) groups is 2. The zero-order chi connectivity index (χ0) is 11.1. The summed E-state index contributed by atoms with van der Waals surface area (Å²) >= 11 is 3.04. The average Bonchev–Trinajstić information content (AvgIpc) is 2.70. The van der Waals surface area contributed by atoms with Crippen LogP contribution < -0.4 is 10.6 Å². The van der Waals surface area contributed by atoms with E-state index in [1.165, 1.54) is 12.8 Å². The lowest BCUT2D eigenvalue weighted by molar-refractivity contribution is -0.122. The van der Waals surface area contributed by atoms with Crippen molar-refractivity contribution in [3.8, 4) is 0 Å². The molecule has 0 saturated heterocycles. The predicted molar refractivity (Wildman–Crippen MR) is 61.8 cm³/mol. The van der Waals surface area contributed by atoms with Gasteiger partial charge >= 0.3 is 0 Å². The summed E-state index contributed by atoms with van der Waals surface area (Å²) in [7, 11) is 0. The Hall–Kier alpha value is -0.580. The van der Waals surface area contributed by atoms with E-state index in [1.807, 2.05) is 0 Å². The van der Waals surface area contributed by atoms with E-state index in [2.05, 4.69) is 26.6 Å². The first-order valence-electron chi connectivity index (χ1n) is 5.34. The number of nitrogens with one attached hydrogen (secondary N) is 2. The number of hydrogen-bond acceptors (Lipinski definition) is 2. The summed E-state index contributed by atoms with van der Waals surface area (Å²) in [4.78, 5) is 22.2. The zero-order valence-corrected chi connectivity index (χ0v) is 10.3. The first-order valence-corrected chi connectivity index (χ1v) is 6.46. The minimum absolute atomic E-state index is 0.0387. The molecule has 0 aromatic carbocycles. The second-order valence-electron chi connectivity index (χ2n) is 3.78. The van der Waals surface area contributed by atoms with Crippen LogP contribution in [-0.4, -0.2) is 29.7 Å². The normalized spacial score (nSPS) is 16.3. The second-order valence-corrected chi connectivity index (χ2v) is 4.34. The number of amides is 2. The van der Waals surface area contributed by atoms with Crippen molar-refractivity contribution < 1.29 is 9.59 Å². The predicted octanol–water partition coefficient (Wildman–Crippen LogP) is 0.946. The molecular formula is C10H17BrN2O2. The molecule has 0 radical (unpaired) electrons. The van der Waals surface area contributed by atoms with Gasteiger partial charge in [-0.05, 0) is 12.8 Å². The van der Waals surface area contributed by atoms with Gasteiger partial charge in [-0.15, -0.1) is 0 Å². The molecule has 0 atom stereocenters. The largest absolute Gasteiger partial charge is 0.355 e. The first-order chi connectivity index (χ1) is 7.22. The fraction of sp³-hybridized carbons (Fsp3) is 0.800. The molecule has 1 saturated carbocycles. The van der Waals surface area contributed by atoms with E-state index in [4.69, 9.17) is 0 Å². The first kappa shape index (κ1) is 12.5. The van der Waals surface area contributed by atoms with Crippen molar-refractivity contribution in [1.82, 2.24) is 10.6 Å². The van der Waals surface area contributed by atoms with Crippen LogP contribution in [0.4, 0.5) is 0 Å². The smallest absolute Gasteiger partial charge is 0.230 e. The molecule has 0 bridgehead atoms. The van der Waals surface area contributed by atoms with Gasteiger partial charge in [0.1, 0.15) is 0 Å². The van der Waals surface area contributed by atoms with E-state index in [1.54, 1.807) is 0 Å². The standard InChI is InChI=1S/C10H17BrN2O2/c11-7-10(15)12-6-5-9(14)13-8-3-1-2-4-8/h8H,1-7H2,(H,12,15)(H,13,14). The van der Waals surface area contributed by atoms with Crippen molar-refractivity contribution >= 4 is 27.7 Å². The van der Waals surface area contributed by atoms with Crippen molar-refractivity contribution in [3.05, 3.63) is 0 Å². The summed E-state index contributed by atoms with van der Waals surface area (Å²) in [6.45, 7) is 0.420. The van der Waals surface area contributed by atoms with Gasteiger partial charge in [0.25, 0.3) is 0 Å². The molecule has 2 N–H and O–H groups in total. The third-order valence-corrected chi connectivity index (χ3v) is 3.03. The molecule has 1 aliphatic rings. The van der Waals surface area contributed by atoms with Gasteiger partial charge in [-0.2, -0.15) is 0 Å². The summed E-state index contributed by atoms with van der Waals surface area (Å²) < 4.78 is 0. The highest BCUT2D eigenvalue weighted by atomic mass is 79.9. The lowest BCUT2D eigenvalue weighted by Gasteiger charge is -2.11. The van der Waals surface area contributed by atoms with Crippen molar-refractivity contribution in [3.63, 3.8) is 0 Å². The van der Waals surface area contributed by atoms with Crippen LogP contribution in [0.5, 0.6) is 0 Å². The number of halogens is 1. The fourth-order valence-electron chi connectivity index (χ4n) is 1.73. The van der Waals surface area contributed by atoms with Crippen LogP contribution in [-0.2, 0) is 9.59 Å². The highest BCUT2D eigenvalue weighted by Gasteiger charge is 2.16. The molecule has 2 amide bonds. The molecule has 5 heteroatoms. The molecule has 1 rings (SSSR count). The van der Waals surface area contributed by atoms with Crippen molar-refractivity contribution in [2.75, 3.05) is 11.9 Å². The van der Waals surface area contributed by atoms with Crippen LogP contribution >= 0.6 is 15.9 Å². The average molecular weight is 277 g/mol. The Bertz CT molecular complexity index is 227. The second kappa shape index (κ2) is 6.82. The third kappa shape index (κ3) is 5.16. The SMILES string of the molecule is O=C(CBr)NCCC(=O)NC1CCCC1. The van der Waals surface area contributed by atoms with Crippen LogP contribution in [0.3, 0.4) is 0 Å². The van der Waals surface area contributed by atoms with E-state index in [-0.39, 0.29) is 17.1 Å². The monoisotopic (exact) mass is 276 g/mol. The molecule has 0 aromatic heterocycles. The number of rotatable bonds is 5. The van der Waals surface area contributed by atoms with E-state index < -0.39 is 0 Å². The van der Waals surface area contributed by atoms with E-state index in [0.717, 1.165) is 12.8 Å². The molecule has 15 heavy (non-hydrogen) atoms. The maximum absolute atomic E-state index is 11.4. The Balaban J connectivity index is 2.05. The van der Waals surface area contributed by atoms with Crippen molar-refractivity contribution in [2.45, 2.75) is 38.1 Å². The Morgan fingerprint density at radius 3 is 2.47 bits per heavy atom. The summed E-state index contributed by atoms with van der Waals surface area (Å²) in [5, 5.41) is 5.90. The van der Waals surface area contributed by atoms with Crippen LogP contribution in [0.2, 0.25) is 0 Å². The highest BCUT2D eigenvalue weighted by Crippen LogP contribution is 2.17. The Kier molecular flexibility index (Phi) is 5.68. The van der Waals surface area contributed by atoms with Crippen LogP contribution in [0.25, 0.3) is 0 Å². The Labute approximate surface area is 98.3 Å². The van der Waals surface area contributed by atoms with Gasteiger partial charge < -0.3 is 10.6 Å². The van der Waals surface area contributed by atoms with E-state index in [9.17, 15) is 9.59 Å². The van der Waals surface area contributed by atoms with E-state index in [0.29, 0.717) is 19.0 Å². The molecule has 1 aliphatic carbocycles. The van der Waals surface area contributed by atoms with Crippen molar-refractivity contribution in [2.24, 2.45) is 0 Å². The van der Waals surface area contributed by atoms with Gasteiger partial charge in [0, 0.05) is 19.0 Å². The maximum atomic E-state index is 11.4. The van der Waals surface area contributed by atoms with E-state index >= 15 is 0 Å². The summed E-state index contributed by atoms with van der Waals surface area (Å²) in [5.74, 6) is -0.0413. The van der Waals surface area contributed by atoms with Gasteiger partial charge in [-0.25, -0.2) is 0 Å². The number of alkyl halides is 1. The van der Waals surface area contributed by atoms with Gasteiger partial charge in [-0.3, -0.25) is 9.59 Å². The Morgan fingerprint density at radius 2 is 1.87 bits per heavy atom. The van der Waals surface area contributed by atoms with Gasteiger partial charge in [0.15, 0.2) is 0 Å². The molecule has 0 unspecified atom stereocenters. The summed E-state index contributed by atoms with van der Waals surface area (Å²) in [6.07, 6.45) is 4.99. The lowest BCUT2D eigenvalue weighted by Crippen LogP contribution is -2.35. The van der Waals surface area contributed by atoms with Crippen LogP contribution in [0, 0.1) is 0 Å². The van der Waals surface area contributed by atoms with Crippen molar-refractivity contribution in [1.29, 1.82) is 0 Å². The molecule has 0 heterocycles.